The molecule has 0 aliphatic carbocycles. The van der Waals surface area contributed by atoms with Gasteiger partial charge in [-0.1, -0.05) is 42.3 Å². The lowest BCUT2D eigenvalue weighted by atomic mass is 10.1. The van der Waals surface area contributed by atoms with E-state index in [1.165, 1.54) is 37.9 Å². The van der Waals surface area contributed by atoms with Crippen LogP contribution in [0.25, 0.3) is 0 Å². The minimum Gasteiger partial charge on any atom is -0.306 e. The van der Waals surface area contributed by atoms with Crippen molar-refractivity contribution in [2.24, 2.45) is 0 Å². The first-order valence-corrected chi connectivity index (χ1v) is 5.49. The summed E-state index contributed by atoms with van der Waals surface area (Å²) in [6, 6.07) is 10.3. The molecule has 14 heavy (non-hydrogen) atoms. The second-order valence-corrected chi connectivity index (χ2v) is 4.02. The summed E-state index contributed by atoms with van der Waals surface area (Å²) in [7, 11) is 2.19. The van der Waals surface area contributed by atoms with Crippen LogP contribution < -0.4 is 0 Å². The number of hydrogen-bond donors (Lipinski definition) is 0. The number of piperidine rings is 1. The fraction of sp³-hybridized carbons (Fsp3) is 0.538. The van der Waals surface area contributed by atoms with E-state index in [2.05, 4.69) is 31.0 Å². The van der Waals surface area contributed by atoms with E-state index in [1.54, 1.807) is 0 Å². The van der Waals surface area contributed by atoms with E-state index in [9.17, 15) is 0 Å². The standard InChI is InChI=1S/C7H8.C6H13N/c2*1-7-5-3-2-4-6-7/h2-6H,1H3;2-6H2,1H3. The second-order valence-electron chi connectivity index (χ2n) is 4.02. The van der Waals surface area contributed by atoms with Crippen LogP contribution in [0.5, 0.6) is 0 Å². The molecule has 0 amide bonds. The first-order chi connectivity index (χ1) is 6.79. The van der Waals surface area contributed by atoms with Gasteiger partial charge in [-0.25, -0.2) is 0 Å². The summed E-state index contributed by atoms with van der Waals surface area (Å²) >= 11 is 0. The maximum atomic E-state index is 2.39. The average molecular weight is 191 g/mol. The Labute approximate surface area is 87.7 Å². The summed E-state index contributed by atoms with van der Waals surface area (Å²) in [4.78, 5) is 2.39. The summed E-state index contributed by atoms with van der Waals surface area (Å²) in [6.07, 6.45) is 4.28. The van der Waals surface area contributed by atoms with Crippen LogP contribution in [-0.2, 0) is 0 Å². The number of benzene rings is 1. The summed E-state index contributed by atoms with van der Waals surface area (Å²) in [5.74, 6) is 0. The van der Waals surface area contributed by atoms with Gasteiger partial charge >= 0.3 is 0 Å². The number of hydrogen-bond acceptors (Lipinski definition) is 1. The van der Waals surface area contributed by atoms with Crippen LogP contribution in [-0.4, -0.2) is 25.0 Å². The molecule has 1 heterocycles. The Morgan fingerprint density at radius 1 is 0.929 bits per heavy atom. The van der Waals surface area contributed by atoms with E-state index in [1.807, 2.05) is 18.2 Å². The predicted octanol–water partition coefficient (Wildman–Crippen LogP) is 3.10. The van der Waals surface area contributed by atoms with Gasteiger partial charge in [-0.15, -0.1) is 0 Å². The van der Waals surface area contributed by atoms with Gasteiger partial charge in [-0.05, 0) is 39.9 Å². The third-order valence-electron chi connectivity index (χ3n) is 2.52. The predicted molar refractivity (Wildman–Crippen MR) is 62.5 cm³/mol. The van der Waals surface area contributed by atoms with Crippen LogP contribution in [0.1, 0.15) is 24.8 Å². The SMILES string of the molecule is CN1CCCCC1.Cc1ccccc1. The first-order valence-electron chi connectivity index (χ1n) is 5.49. The van der Waals surface area contributed by atoms with Gasteiger partial charge in [-0.2, -0.15) is 0 Å². The zero-order chi connectivity index (χ0) is 10.2. The maximum absolute atomic E-state index is 2.39. The molecule has 1 aromatic rings. The highest BCUT2D eigenvalue weighted by molar-refractivity contribution is 5.11. The molecule has 0 N–H and O–H groups in total. The molecule has 0 radical (unpaired) electrons. The van der Waals surface area contributed by atoms with Crippen molar-refractivity contribution in [1.82, 2.24) is 4.90 Å². The van der Waals surface area contributed by atoms with Crippen LogP contribution >= 0.6 is 0 Å². The molecule has 1 aliphatic heterocycles. The Morgan fingerprint density at radius 2 is 1.50 bits per heavy atom. The lowest BCUT2D eigenvalue weighted by Gasteiger charge is -2.20. The van der Waals surface area contributed by atoms with Crippen molar-refractivity contribution >= 4 is 0 Å². The van der Waals surface area contributed by atoms with Crippen molar-refractivity contribution in [3.63, 3.8) is 0 Å². The minimum atomic E-state index is 1.32. The van der Waals surface area contributed by atoms with Gasteiger partial charge in [0.2, 0.25) is 0 Å². The van der Waals surface area contributed by atoms with Gasteiger partial charge in [0.1, 0.15) is 0 Å². The van der Waals surface area contributed by atoms with Crippen LogP contribution in [0, 0.1) is 6.92 Å². The molecular weight excluding hydrogens is 170 g/mol. The van der Waals surface area contributed by atoms with Gasteiger partial charge in [-0.3, -0.25) is 0 Å². The highest BCUT2D eigenvalue weighted by Crippen LogP contribution is 2.04. The summed E-state index contributed by atoms with van der Waals surface area (Å²) in [6.45, 7) is 4.72. The maximum Gasteiger partial charge on any atom is -0.00218 e. The molecule has 1 aliphatic rings. The summed E-state index contributed by atoms with van der Waals surface area (Å²) < 4.78 is 0. The molecule has 0 atom stereocenters. The Bertz CT molecular complexity index is 224. The van der Waals surface area contributed by atoms with Gasteiger partial charge in [0.05, 0.1) is 0 Å². The molecule has 0 spiro atoms. The van der Waals surface area contributed by atoms with Gasteiger partial charge in [0, 0.05) is 0 Å². The monoisotopic (exact) mass is 191 g/mol. The molecule has 0 aromatic heterocycles. The third kappa shape index (κ3) is 5.03. The van der Waals surface area contributed by atoms with Crippen molar-refractivity contribution in [2.45, 2.75) is 26.2 Å². The molecule has 1 fully saturated rings. The Morgan fingerprint density at radius 3 is 1.79 bits per heavy atom. The van der Waals surface area contributed by atoms with Crippen molar-refractivity contribution in [3.05, 3.63) is 35.9 Å². The number of aryl methyl sites for hydroxylation is 1. The van der Waals surface area contributed by atoms with Crippen LogP contribution in [0.15, 0.2) is 30.3 Å². The lowest BCUT2D eigenvalue weighted by molar-refractivity contribution is 0.277. The summed E-state index contributed by atoms with van der Waals surface area (Å²) in [5, 5.41) is 0. The molecule has 0 saturated carbocycles. The molecule has 2 rings (SSSR count). The Kier molecular flexibility index (Phi) is 5.31. The van der Waals surface area contributed by atoms with Gasteiger partial charge in [0.25, 0.3) is 0 Å². The zero-order valence-corrected chi connectivity index (χ0v) is 9.37. The van der Waals surface area contributed by atoms with E-state index < -0.39 is 0 Å². The molecule has 1 heteroatoms. The third-order valence-corrected chi connectivity index (χ3v) is 2.52. The second kappa shape index (κ2) is 6.61. The Balaban J connectivity index is 0.000000140. The fourth-order valence-electron chi connectivity index (χ4n) is 1.59. The largest absolute Gasteiger partial charge is 0.306 e. The molecule has 1 aromatic carbocycles. The van der Waals surface area contributed by atoms with E-state index >= 15 is 0 Å². The number of nitrogens with zero attached hydrogens (tertiary/aromatic N) is 1. The molecule has 1 nitrogen and oxygen atoms in total. The van der Waals surface area contributed by atoms with Crippen molar-refractivity contribution < 1.29 is 0 Å². The lowest BCUT2D eigenvalue weighted by Crippen LogP contribution is -2.24. The van der Waals surface area contributed by atoms with Crippen LogP contribution in [0.4, 0.5) is 0 Å². The molecular formula is C13H21N. The van der Waals surface area contributed by atoms with E-state index in [-0.39, 0.29) is 0 Å². The van der Waals surface area contributed by atoms with Gasteiger partial charge in [0.15, 0.2) is 0 Å². The quantitative estimate of drug-likeness (QED) is 0.609. The number of likely N-dealkylation sites (tertiary alicyclic amines) is 1. The highest BCUT2D eigenvalue weighted by atomic mass is 15.1. The van der Waals surface area contributed by atoms with E-state index in [0.29, 0.717) is 0 Å². The van der Waals surface area contributed by atoms with E-state index in [0.717, 1.165) is 0 Å². The first kappa shape index (κ1) is 11.3. The van der Waals surface area contributed by atoms with Crippen LogP contribution in [0.2, 0.25) is 0 Å². The van der Waals surface area contributed by atoms with Gasteiger partial charge < -0.3 is 4.90 Å². The molecule has 0 bridgehead atoms. The van der Waals surface area contributed by atoms with Crippen molar-refractivity contribution in [3.8, 4) is 0 Å². The van der Waals surface area contributed by atoms with Crippen molar-refractivity contribution in [2.75, 3.05) is 20.1 Å². The normalized spacial score (nSPS) is 17.0. The fourth-order valence-corrected chi connectivity index (χ4v) is 1.59. The average Bonchev–Trinajstić information content (AvgIpc) is 2.21. The Hall–Kier alpha value is -0.820. The van der Waals surface area contributed by atoms with Crippen LogP contribution in [0.3, 0.4) is 0 Å². The smallest absolute Gasteiger partial charge is 0.00218 e. The minimum absolute atomic E-state index is 1.32. The molecule has 0 unspecified atom stereocenters. The topological polar surface area (TPSA) is 3.24 Å². The molecule has 1 saturated heterocycles. The van der Waals surface area contributed by atoms with E-state index in [4.69, 9.17) is 0 Å². The van der Waals surface area contributed by atoms with Crippen molar-refractivity contribution in [1.29, 1.82) is 0 Å². The highest BCUT2D eigenvalue weighted by Gasteiger charge is 2.02. The number of rotatable bonds is 0. The zero-order valence-electron chi connectivity index (χ0n) is 9.37. The molecule has 78 valence electrons. The summed E-state index contributed by atoms with van der Waals surface area (Å²) in [5.41, 5.74) is 1.32.